The average molecular weight is 264 g/mol. The third-order valence-corrected chi connectivity index (χ3v) is 2.60. The molecule has 0 atom stereocenters. The molecule has 0 saturated carbocycles. The first-order valence-electron chi connectivity index (χ1n) is 5.38. The lowest BCUT2D eigenvalue weighted by Gasteiger charge is -2.07. The van der Waals surface area contributed by atoms with Gasteiger partial charge in [-0.15, -0.1) is 0 Å². The predicted molar refractivity (Wildman–Crippen MR) is 68.8 cm³/mol. The van der Waals surface area contributed by atoms with Crippen LogP contribution in [0, 0.1) is 6.92 Å². The smallest absolute Gasteiger partial charge is 0.257 e. The molecule has 0 aliphatic heterocycles. The Morgan fingerprint density at radius 3 is 2.94 bits per heavy atom. The van der Waals surface area contributed by atoms with Crippen LogP contribution >= 0.6 is 11.5 Å². The fourth-order valence-electron chi connectivity index (χ4n) is 1.42. The van der Waals surface area contributed by atoms with Gasteiger partial charge in [-0.3, -0.25) is 10.1 Å². The van der Waals surface area contributed by atoms with Crippen molar-refractivity contribution in [1.82, 2.24) is 19.8 Å². The molecular weight excluding hydrogens is 252 g/mol. The summed E-state index contributed by atoms with van der Waals surface area (Å²) in [5, 5.41) is 13.1. The molecule has 0 spiro atoms. The highest BCUT2D eigenvalue weighted by Crippen LogP contribution is 2.13. The molecule has 2 rings (SSSR count). The van der Waals surface area contributed by atoms with E-state index in [0.29, 0.717) is 16.5 Å². The van der Waals surface area contributed by atoms with E-state index in [1.807, 2.05) is 13.8 Å². The van der Waals surface area contributed by atoms with Crippen molar-refractivity contribution >= 4 is 28.4 Å². The number of carbonyl (C=O) groups is 1. The third kappa shape index (κ3) is 2.98. The van der Waals surface area contributed by atoms with Crippen LogP contribution in [0.5, 0.6) is 0 Å². The summed E-state index contributed by atoms with van der Waals surface area (Å²) in [6.07, 6.45) is 0. The van der Waals surface area contributed by atoms with Crippen LogP contribution < -0.4 is 10.6 Å². The summed E-state index contributed by atoms with van der Waals surface area (Å²) in [4.78, 5) is 16.2. The summed E-state index contributed by atoms with van der Waals surface area (Å²) in [7, 11) is 0. The van der Waals surface area contributed by atoms with Crippen molar-refractivity contribution in [1.29, 1.82) is 0 Å². The topological polar surface area (TPSA) is 92.7 Å². The lowest BCUT2D eigenvalue weighted by molar-refractivity contribution is 0.102. The van der Waals surface area contributed by atoms with Gasteiger partial charge in [-0.05, 0) is 31.2 Å². The monoisotopic (exact) mass is 264 g/mol. The molecule has 2 N–H and O–H groups in total. The minimum Gasteiger partial charge on any atom is -0.370 e. The number of aryl methyl sites for hydroxylation is 1. The Kier molecular flexibility index (Phi) is 3.78. The van der Waals surface area contributed by atoms with Crippen molar-refractivity contribution in [2.75, 3.05) is 17.2 Å². The lowest BCUT2D eigenvalue weighted by atomic mass is 10.2. The quantitative estimate of drug-likeness (QED) is 0.865. The first kappa shape index (κ1) is 12.4. The molecule has 94 valence electrons. The van der Waals surface area contributed by atoms with Crippen LogP contribution in [0.2, 0.25) is 0 Å². The molecule has 2 aromatic heterocycles. The second-order valence-electron chi connectivity index (χ2n) is 3.53. The van der Waals surface area contributed by atoms with E-state index < -0.39 is 0 Å². The molecule has 0 radical (unpaired) electrons. The van der Waals surface area contributed by atoms with E-state index >= 15 is 0 Å². The van der Waals surface area contributed by atoms with E-state index in [2.05, 4.69) is 30.4 Å². The molecule has 1 amide bonds. The summed E-state index contributed by atoms with van der Waals surface area (Å²) < 4.78 is 3.57. The zero-order valence-corrected chi connectivity index (χ0v) is 10.8. The second-order valence-corrected chi connectivity index (χ2v) is 4.27. The average Bonchev–Trinajstić information content (AvgIpc) is 2.81. The van der Waals surface area contributed by atoms with Gasteiger partial charge in [0.2, 0.25) is 5.13 Å². The van der Waals surface area contributed by atoms with Crippen LogP contribution in [0.15, 0.2) is 12.1 Å². The molecule has 7 nitrogen and oxygen atoms in total. The summed E-state index contributed by atoms with van der Waals surface area (Å²) in [5.41, 5.74) is 1.29. The number of amides is 1. The van der Waals surface area contributed by atoms with Gasteiger partial charge in [0.15, 0.2) is 0 Å². The molecular formula is C10H12N6OS. The van der Waals surface area contributed by atoms with Crippen molar-refractivity contribution in [3.8, 4) is 0 Å². The fraction of sp³-hybridized carbons (Fsp3) is 0.300. The molecule has 8 heteroatoms. The first-order valence-corrected chi connectivity index (χ1v) is 6.15. The van der Waals surface area contributed by atoms with Crippen molar-refractivity contribution < 1.29 is 4.79 Å². The maximum Gasteiger partial charge on any atom is 0.257 e. The van der Waals surface area contributed by atoms with Gasteiger partial charge in [0.1, 0.15) is 5.82 Å². The molecule has 0 bridgehead atoms. The number of carbonyl (C=O) groups excluding carboxylic acids is 1. The molecule has 0 saturated heterocycles. The van der Waals surface area contributed by atoms with Gasteiger partial charge in [0.05, 0.1) is 0 Å². The zero-order chi connectivity index (χ0) is 13.0. The van der Waals surface area contributed by atoms with Gasteiger partial charge in [0.25, 0.3) is 5.91 Å². The van der Waals surface area contributed by atoms with Crippen molar-refractivity contribution in [3.63, 3.8) is 0 Å². The van der Waals surface area contributed by atoms with Gasteiger partial charge < -0.3 is 5.32 Å². The van der Waals surface area contributed by atoms with E-state index in [9.17, 15) is 4.79 Å². The van der Waals surface area contributed by atoms with Crippen LogP contribution in [0.25, 0.3) is 0 Å². The Balaban J connectivity index is 2.19. The number of hydrogen-bond donors (Lipinski definition) is 2. The molecule has 18 heavy (non-hydrogen) atoms. The number of rotatable bonds is 4. The van der Waals surface area contributed by atoms with Gasteiger partial charge >= 0.3 is 0 Å². The van der Waals surface area contributed by atoms with Gasteiger partial charge in [-0.1, -0.05) is 9.59 Å². The van der Waals surface area contributed by atoms with Crippen molar-refractivity contribution in [2.45, 2.75) is 13.8 Å². The number of hydrogen-bond acceptors (Lipinski definition) is 7. The fourth-order valence-corrected chi connectivity index (χ4v) is 1.78. The highest BCUT2D eigenvalue weighted by atomic mass is 32.1. The minimum absolute atomic E-state index is 0.252. The Morgan fingerprint density at radius 1 is 1.44 bits per heavy atom. The van der Waals surface area contributed by atoms with Gasteiger partial charge in [-0.2, -0.15) is 0 Å². The van der Waals surface area contributed by atoms with Gasteiger partial charge in [-0.25, -0.2) is 4.98 Å². The normalized spacial score (nSPS) is 10.1. The third-order valence-electron chi connectivity index (χ3n) is 2.09. The number of anilines is 2. The minimum atomic E-state index is -0.252. The van der Waals surface area contributed by atoms with Crippen molar-refractivity contribution in [3.05, 3.63) is 23.4 Å². The largest absolute Gasteiger partial charge is 0.370 e. The predicted octanol–water partition coefficient (Wildman–Crippen LogP) is 1.32. The van der Waals surface area contributed by atoms with Crippen LogP contribution in [0.3, 0.4) is 0 Å². The first-order chi connectivity index (χ1) is 8.69. The van der Waals surface area contributed by atoms with Crippen LogP contribution in [0.4, 0.5) is 10.9 Å². The van der Waals surface area contributed by atoms with E-state index in [1.54, 1.807) is 12.1 Å². The highest BCUT2D eigenvalue weighted by molar-refractivity contribution is 7.09. The number of nitrogens with one attached hydrogen (secondary N) is 2. The van der Waals surface area contributed by atoms with Crippen LogP contribution in [-0.4, -0.2) is 32.2 Å². The molecule has 0 aromatic carbocycles. The highest BCUT2D eigenvalue weighted by Gasteiger charge is 2.10. The zero-order valence-electron chi connectivity index (χ0n) is 9.97. The Labute approximate surface area is 108 Å². The Morgan fingerprint density at radius 2 is 2.28 bits per heavy atom. The van der Waals surface area contributed by atoms with E-state index in [0.717, 1.165) is 23.8 Å². The molecule has 0 aliphatic rings. The van der Waals surface area contributed by atoms with Crippen LogP contribution in [0.1, 0.15) is 23.0 Å². The maximum atomic E-state index is 12.0. The lowest BCUT2D eigenvalue weighted by Crippen LogP contribution is -2.13. The van der Waals surface area contributed by atoms with E-state index in [1.165, 1.54) is 0 Å². The van der Waals surface area contributed by atoms with E-state index in [4.69, 9.17) is 0 Å². The number of nitrogens with zero attached hydrogens (tertiary/aromatic N) is 4. The van der Waals surface area contributed by atoms with Crippen LogP contribution in [-0.2, 0) is 0 Å². The molecule has 0 unspecified atom stereocenters. The summed E-state index contributed by atoms with van der Waals surface area (Å²) in [6, 6.07) is 3.41. The summed E-state index contributed by atoms with van der Waals surface area (Å²) in [5.74, 6) is 0.427. The van der Waals surface area contributed by atoms with Crippen molar-refractivity contribution in [2.24, 2.45) is 0 Å². The molecule has 2 aromatic rings. The number of pyridine rings is 1. The molecule has 2 heterocycles. The Hall–Kier alpha value is -2.09. The summed E-state index contributed by atoms with van der Waals surface area (Å²) in [6.45, 7) is 4.55. The number of aromatic nitrogens is 4. The standard InChI is InChI=1S/C10H12N6OS/c1-3-11-8-5-7(4-6(2)12-8)9(17)13-10-14-15-16-18-10/h4-5H,3H2,1-2H3,(H,11,12)(H,13,14,16,17). The Bertz CT molecular complexity index is 541. The molecule has 0 aliphatic carbocycles. The van der Waals surface area contributed by atoms with E-state index in [-0.39, 0.29) is 5.91 Å². The van der Waals surface area contributed by atoms with Gasteiger partial charge in [0, 0.05) is 29.3 Å². The summed E-state index contributed by atoms with van der Waals surface area (Å²) >= 11 is 1.03. The second kappa shape index (κ2) is 5.50. The maximum absolute atomic E-state index is 12.0. The SMILES string of the molecule is CCNc1cc(C(=O)Nc2nnns2)cc(C)n1. The molecule has 0 fully saturated rings.